The number of urea groups is 1. The van der Waals surface area contributed by atoms with Crippen LogP contribution in [-0.4, -0.2) is 57.3 Å². The highest BCUT2D eigenvalue weighted by Gasteiger charge is 2.63. The fourth-order valence-electron chi connectivity index (χ4n) is 5.70. The number of aromatic nitrogens is 3. The topological polar surface area (TPSA) is 132 Å². The van der Waals surface area contributed by atoms with E-state index in [-0.39, 0.29) is 30.3 Å². The molecular weight excluding hydrogens is 447 g/mol. The van der Waals surface area contributed by atoms with E-state index in [0.717, 1.165) is 0 Å². The molecule has 2 fully saturated rings. The molecule has 2 N–H and O–H groups in total. The third kappa shape index (κ3) is 2.56. The zero-order chi connectivity index (χ0) is 23.9. The van der Waals surface area contributed by atoms with Gasteiger partial charge < -0.3 is 18.7 Å². The van der Waals surface area contributed by atoms with Gasteiger partial charge in [-0.3, -0.25) is 20.2 Å². The van der Waals surface area contributed by atoms with Gasteiger partial charge in [-0.2, -0.15) is 0 Å². The number of nitrogens with zero attached hydrogens (tertiary/aromatic N) is 4. The number of fused-ring (bicyclic) bond motifs is 5. The van der Waals surface area contributed by atoms with E-state index in [2.05, 4.69) is 20.8 Å². The van der Waals surface area contributed by atoms with Crippen molar-refractivity contribution in [2.45, 2.75) is 38.5 Å². The summed E-state index contributed by atoms with van der Waals surface area (Å²) in [6.07, 6.45) is 2.30. The highest BCUT2D eigenvalue weighted by atomic mass is 19.1. The number of ether oxygens (including phenoxy) is 1. The summed E-state index contributed by atoms with van der Waals surface area (Å²) in [4.78, 5) is 44.4. The van der Waals surface area contributed by atoms with E-state index in [4.69, 9.17) is 9.26 Å². The van der Waals surface area contributed by atoms with Gasteiger partial charge in [-0.1, -0.05) is 5.16 Å². The van der Waals surface area contributed by atoms with Gasteiger partial charge in [-0.05, 0) is 25.5 Å². The standard InChI is InChI=1S/C22H21FN6O5/c1-9-8-29-15-11(6-12-14(18-24-4-5-28(18)3)27-34-16(12)13(15)23)7-22(17(29)10(2)33-9)19(30)25-21(32)26-20(22)31/h4-6,9-10,17H,7-8H2,1-3H3,(H2,25,26,30,31,32)/t9-,10+,17+/m1/s1. The number of benzene rings is 1. The normalized spacial score (nSPS) is 25.8. The molecule has 4 amide bonds. The maximum atomic E-state index is 16.0. The maximum absolute atomic E-state index is 16.0. The highest BCUT2D eigenvalue weighted by molar-refractivity contribution is 6.20. The summed E-state index contributed by atoms with van der Waals surface area (Å²) in [6.45, 7) is 3.81. The number of anilines is 1. The Balaban J connectivity index is 1.61. The lowest BCUT2D eigenvalue weighted by atomic mass is 9.66. The summed E-state index contributed by atoms with van der Waals surface area (Å²) in [7, 11) is 1.78. The number of halogens is 1. The Bertz CT molecular complexity index is 1380. The second-order valence-electron chi connectivity index (χ2n) is 9.10. The number of hydrogen-bond donors (Lipinski definition) is 2. The molecule has 6 rings (SSSR count). The van der Waals surface area contributed by atoms with Gasteiger partial charge in [0.25, 0.3) is 0 Å². The summed E-state index contributed by atoms with van der Waals surface area (Å²) < 4.78 is 29.1. The van der Waals surface area contributed by atoms with Crippen LogP contribution in [0.1, 0.15) is 19.4 Å². The Morgan fingerprint density at radius 3 is 2.62 bits per heavy atom. The minimum atomic E-state index is -1.69. The molecule has 1 spiro atoms. The number of carbonyl (C=O) groups excluding carboxylic acids is 3. The molecule has 0 aliphatic carbocycles. The fourth-order valence-corrected chi connectivity index (χ4v) is 5.70. The first-order chi connectivity index (χ1) is 16.2. The SMILES string of the molecule is C[C@@H]1CN2c3c(cc4c(-c5nccn5C)noc4c3F)CC3(C(=O)NC(=O)NC3=O)[C@@H]2[C@H](C)O1. The number of hydrogen-bond acceptors (Lipinski definition) is 8. The van der Waals surface area contributed by atoms with Crippen molar-refractivity contribution >= 4 is 34.5 Å². The van der Waals surface area contributed by atoms with Gasteiger partial charge in [0, 0.05) is 32.4 Å². The number of nitrogens with one attached hydrogen (secondary N) is 2. The number of imidazole rings is 1. The third-order valence-corrected chi connectivity index (χ3v) is 7.00. The average Bonchev–Trinajstić information content (AvgIpc) is 3.37. The minimum Gasteiger partial charge on any atom is -0.372 e. The minimum absolute atomic E-state index is 0.0361. The van der Waals surface area contributed by atoms with Crippen LogP contribution in [0.3, 0.4) is 0 Å². The molecule has 0 bridgehead atoms. The van der Waals surface area contributed by atoms with Gasteiger partial charge in [0.05, 0.1) is 29.3 Å². The molecule has 0 radical (unpaired) electrons. The van der Waals surface area contributed by atoms with Crippen LogP contribution >= 0.6 is 0 Å². The lowest BCUT2D eigenvalue weighted by Crippen LogP contribution is -2.75. The number of amides is 4. The van der Waals surface area contributed by atoms with Crippen LogP contribution in [0.5, 0.6) is 0 Å². The van der Waals surface area contributed by atoms with Gasteiger partial charge in [0.2, 0.25) is 17.4 Å². The Labute approximate surface area is 192 Å². The monoisotopic (exact) mass is 468 g/mol. The van der Waals surface area contributed by atoms with Crippen LogP contribution < -0.4 is 15.5 Å². The highest BCUT2D eigenvalue weighted by Crippen LogP contribution is 2.49. The lowest BCUT2D eigenvalue weighted by molar-refractivity contribution is -0.153. The summed E-state index contributed by atoms with van der Waals surface area (Å²) in [5.74, 6) is -1.62. The van der Waals surface area contributed by atoms with Gasteiger partial charge in [0.1, 0.15) is 0 Å². The predicted molar refractivity (Wildman–Crippen MR) is 115 cm³/mol. The molecule has 0 saturated carbocycles. The quantitative estimate of drug-likeness (QED) is 0.511. The Kier molecular flexibility index (Phi) is 4.19. The molecule has 1 aromatic carbocycles. The van der Waals surface area contributed by atoms with E-state index in [1.54, 1.807) is 41.9 Å². The molecule has 3 aromatic rings. The van der Waals surface area contributed by atoms with Crippen molar-refractivity contribution in [1.29, 1.82) is 0 Å². The summed E-state index contributed by atoms with van der Waals surface area (Å²) in [5, 5.41) is 8.89. The van der Waals surface area contributed by atoms with Crippen LogP contribution in [0.25, 0.3) is 22.5 Å². The van der Waals surface area contributed by atoms with Crippen molar-refractivity contribution in [2.75, 3.05) is 11.4 Å². The van der Waals surface area contributed by atoms with Crippen molar-refractivity contribution in [3.05, 3.63) is 29.8 Å². The number of morpholine rings is 1. The molecule has 176 valence electrons. The first kappa shape index (κ1) is 20.8. The van der Waals surface area contributed by atoms with Gasteiger partial charge in [0.15, 0.2) is 22.8 Å². The zero-order valence-electron chi connectivity index (χ0n) is 18.6. The molecule has 3 aliphatic rings. The Hall–Kier alpha value is -3.80. The number of rotatable bonds is 1. The molecule has 2 saturated heterocycles. The lowest BCUT2D eigenvalue weighted by Gasteiger charge is -2.55. The maximum Gasteiger partial charge on any atom is 0.328 e. The first-order valence-corrected chi connectivity index (χ1v) is 10.9. The second-order valence-corrected chi connectivity index (χ2v) is 9.10. The van der Waals surface area contributed by atoms with Crippen molar-refractivity contribution in [2.24, 2.45) is 12.5 Å². The zero-order valence-corrected chi connectivity index (χ0v) is 18.6. The van der Waals surface area contributed by atoms with Gasteiger partial charge in [-0.15, -0.1) is 0 Å². The summed E-state index contributed by atoms with van der Waals surface area (Å²) >= 11 is 0. The molecular formula is C22H21FN6O5. The first-order valence-electron chi connectivity index (χ1n) is 10.9. The average molecular weight is 468 g/mol. The van der Waals surface area contributed by atoms with E-state index >= 15 is 4.39 Å². The van der Waals surface area contributed by atoms with Crippen LogP contribution in [-0.2, 0) is 27.8 Å². The number of imide groups is 2. The van der Waals surface area contributed by atoms with Crippen LogP contribution in [0.4, 0.5) is 14.9 Å². The molecule has 12 heteroatoms. The second kappa shape index (κ2) is 6.86. The van der Waals surface area contributed by atoms with Crippen LogP contribution in [0.2, 0.25) is 0 Å². The van der Waals surface area contributed by atoms with Gasteiger partial charge in [-0.25, -0.2) is 14.2 Å². The van der Waals surface area contributed by atoms with Crippen molar-refractivity contribution < 1.29 is 28.0 Å². The largest absolute Gasteiger partial charge is 0.372 e. The van der Waals surface area contributed by atoms with Crippen LogP contribution in [0.15, 0.2) is 23.0 Å². The summed E-state index contributed by atoms with van der Waals surface area (Å²) in [6, 6.07) is -0.0322. The predicted octanol–water partition coefficient (Wildman–Crippen LogP) is 1.26. The molecule has 34 heavy (non-hydrogen) atoms. The van der Waals surface area contributed by atoms with Gasteiger partial charge >= 0.3 is 6.03 Å². The molecule has 0 unspecified atom stereocenters. The van der Waals surface area contributed by atoms with Crippen molar-refractivity contribution in [3.63, 3.8) is 0 Å². The number of barbiturate groups is 1. The van der Waals surface area contributed by atoms with E-state index in [0.29, 0.717) is 22.5 Å². The molecule has 2 aromatic heterocycles. The molecule has 5 heterocycles. The van der Waals surface area contributed by atoms with Crippen molar-refractivity contribution in [3.8, 4) is 11.5 Å². The summed E-state index contributed by atoms with van der Waals surface area (Å²) in [5.41, 5.74) is -0.713. The molecule has 11 nitrogen and oxygen atoms in total. The Morgan fingerprint density at radius 1 is 1.21 bits per heavy atom. The molecule has 3 atom stereocenters. The van der Waals surface area contributed by atoms with Crippen LogP contribution in [0, 0.1) is 11.2 Å². The van der Waals surface area contributed by atoms with E-state index in [1.165, 1.54) is 0 Å². The Morgan fingerprint density at radius 2 is 1.94 bits per heavy atom. The van der Waals surface area contributed by atoms with E-state index in [1.807, 2.05) is 6.92 Å². The third-order valence-electron chi connectivity index (χ3n) is 7.00. The fraction of sp³-hybridized carbons (Fsp3) is 0.409. The van der Waals surface area contributed by atoms with Crippen molar-refractivity contribution in [1.82, 2.24) is 25.3 Å². The van der Waals surface area contributed by atoms with E-state index < -0.39 is 41.2 Å². The van der Waals surface area contributed by atoms with E-state index in [9.17, 15) is 14.4 Å². The smallest absolute Gasteiger partial charge is 0.328 e. The molecule has 3 aliphatic heterocycles. The number of aryl methyl sites for hydroxylation is 1. The number of carbonyl (C=O) groups is 3.